The first-order valence-electron chi connectivity index (χ1n) is 10.7. The number of carbonyl (C=O) groups excluding carboxylic acids is 3. The van der Waals surface area contributed by atoms with E-state index in [9.17, 15) is 14.4 Å². The Morgan fingerprint density at radius 3 is 2.41 bits per heavy atom. The van der Waals surface area contributed by atoms with Crippen molar-refractivity contribution in [3.05, 3.63) is 0 Å². The van der Waals surface area contributed by atoms with Crippen LogP contribution in [0.1, 0.15) is 51.4 Å². The van der Waals surface area contributed by atoms with Crippen molar-refractivity contribution in [2.45, 2.75) is 57.4 Å². The number of rotatable bonds is 6. The molecule has 0 aromatic carbocycles. The highest BCUT2D eigenvalue weighted by Crippen LogP contribution is 2.25. The van der Waals surface area contributed by atoms with E-state index in [0.29, 0.717) is 31.2 Å². The van der Waals surface area contributed by atoms with Crippen LogP contribution in [0.4, 0.5) is 0 Å². The van der Waals surface area contributed by atoms with Crippen molar-refractivity contribution >= 4 is 34.5 Å². The zero-order valence-corrected chi connectivity index (χ0v) is 18.0. The molecular formula is C20H32N4O4S. The summed E-state index contributed by atoms with van der Waals surface area (Å²) in [5, 5.41) is 7.71. The number of hydrazone groups is 1. The molecule has 0 aromatic rings. The number of nitrogens with one attached hydrogen (secondary N) is 2. The lowest BCUT2D eigenvalue weighted by Gasteiger charge is -2.30. The van der Waals surface area contributed by atoms with Crippen LogP contribution >= 0.6 is 11.8 Å². The number of ketones is 1. The van der Waals surface area contributed by atoms with Crippen LogP contribution < -0.4 is 10.7 Å². The van der Waals surface area contributed by atoms with Gasteiger partial charge in [0.1, 0.15) is 6.04 Å². The molecule has 0 bridgehead atoms. The Labute approximate surface area is 176 Å². The zero-order chi connectivity index (χ0) is 20.6. The average molecular weight is 425 g/mol. The third-order valence-corrected chi connectivity index (χ3v) is 7.05. The standard InChI is InChI=1S/C20H32N4O4S/c1-24-10-13-29-20(24)23-22-19(27)17(25)16(14-8-11-28-12-9-14)21-18(26)15-6-4-2-3-5-7-15/h14-16H,2-13H2,1H3,(H,21,26)(H,22,27)/t16-/m1/s1. The second-order valence-corrected chi connectivity index (χ2v) is 9.16. The molecule has 3 rings (SSSR count). The lowest BCUT2D eigenvalue weighted by molar-refractivity contribution is -0.142. The number of carbonyl (C=O) groups is 3. The second kappa shape index (κ2) is 11.0. The van der Waals surface area contributed by atoms with Crippen molar-refractivity contribution in [2.24, 2.45) is 16.9 Å². The smallest absolute Gasteiger partial charge is 0.309 e. The highest BCUT2D eigenvalue weighted by Gasteiger charge is 2.36. The van der Waals surface area contributed by atoms with Crippen molar-refractivity contribution in [1.29, 1.82) is 0 Å². The van der Waals surface area contributed by atoms with Crippen LogP contribution in [0.15, 0.2) is 5.10 Å². The molecule has 1 aliphatic carbocycles. The summed E-state index contributed by atoms with van der Waals surface area (Å²) in [6.45, 7) is 1.94. The van der Waals surface area contributed by atoms with Crippen molar-refractivity contribution in [2.75, 3.05) is 32.6 Å². The normalized spacial score (nSPS) is 24.2. The molecule has 1 atom stereocenters. The van der Waals surface area contributed by atoms with Crippen molar-refractivity contribution in [1.82, 2.24) is 15.6 Å². The summed E-state index contributed by atoms with van der Waals surface area (Å²) in [5.41, 5.74) is 2.39. The fourth-order valence-electron chi connectivity index (χ4n) is 4.15. The van der Waals surface area contributed by atoms with Crippen LogP contribution in [0.25, 0.3) is 0 Å². The van der Waals surface area contributed by atoms with E-state index in [-0.39, 0.29) is 17.7 Å². The molecule has 29 heavy (non-hydrogen) atoms. The van der Waals surface area contributed by atoms with E-state index >= 15 is 0 Å². The molecule has 9 heteroatoms. The molecule has 3 fully saturated rings. The van der Waals surface area contributed by atoms with Crippen LogP contribution in [0.2, 0.25) is 0 Å². The predicted octanol–water partition coefficient (Wildman–Crippen LogP) is 1.50. The van der Waals surface area contributed by atoms with Gasteiger partial charge >= 0.3 is 5.91 Å². The first kappa shape index (κ1) is 22.1. The number of Topliss-reactive ketones (excluding diaryl/α,β-unsaturated/α-hetero) is 1. The average Bonchev–Trinajstić information content (AvgIpc) is 2.97. The molecule has 1 saturated carbocycles. The second-order valence-electron chi connectivity index (χ2n) is 8.09. The largest absolute Gasteiger partial charge is 0.381 e. The molecule has 2 N–H and O–H groups in total. The van der Waals surface area contributed by atoms with Gasteiger partial charge in [-0.25, -0.2) is 5.43 Å². The number of nitrogens with zero attached hydrogens (tertiary/aromatic N) is 2. The Bertz CT molecular complexity index is 628. The minimum absolute atomic E-state index is 0.0699. The summed E-state index contributed by atoms with van der Waals surface area (Å²) in [6.07, 6.45) is 7.40. The van der Waals surface area contributed by atoms with Crippen molar-refractivity contribution < 1.29 is 19.1 Å². The van der Waals surface area contributed by atoms with Crippen LogP contribution in [-0.2, 0) is 19.1 Å². The highest BCUT2D eigenvalue weighted by atomic mass is 32.2. The molecule has 2 saturated heterocycles. The minimum atomic E-state index is -0.816. The van der Waals surface area contributed by atoms with E-state index in [1.165, 1.54) is 11.8 Å². The van der Waals surface area contributed by atoms with Gasteiger partial charge in [-0.05, 0) is 31.6 Å². The fraction of sp³-hybridized carbons (Fsp3) is 0.800. The summed E-state index contributed by atoms with van der Waals surface area (Å²) in [6, 6.07) is -0.816. The third kappa shape index (κ3) is 6.18. The molecule has 0 spiro atoms. The van der Waals surface area contributed by atoms with Gasteiger partial charge in [0, 0.05) is 38.5 Å². The summed E-state index contributed by atoms with van der Waals surface area (Å²) >= 11 is 1.54. The molecule has 0 unspecified atom stereocenters. The van der Waals surface area contributed by atoms with E-state index in [0.717, 1.165) is 50.8 Å². The Hall–Kier alpha value is -1.61. The molecule has 2 amide bonds. The van der Waals surface area contributed by atoms with Gasteiger partial charge in [0.25, 0.3) is 0 Å². The van der Waals surface area contributed by atoms with Gasteiger partial charge in [-0.2, -0.15) is 0 Å². The minimum Gasteiger partial charge on any atom is -0.381 e. The number of amides is 2. The molecule has 8 nitrogen and oxygen atoms in total. The van der Waals surface area contributed by atoms with Crippen LogP contribution in [-0.4, -0.2) is 66.3 Å². The Morgan fingerprint density at radius 1 is 1.10 bits per heavy atom. The van der Waals surface area contributed by atoms with E-state index in [1.54, 1.807) is 0 Å². The first-order valence-corrected chi connectivity index (χ1v) is 11.7. The number of ether oxygens (including phenoxy) is 1. The van der Waals surface area contributed by atoms with E-state index in [1.807, 2.05) is 11.9 Å². The molecule has 3 aliphatic rings. The maximum atomic E-state index is 13.0. The topological polar surface area (TPSA) is 100 Å². The van der Waals surface area contributed by atoms with Gasteiger partial charge in [-0.1, -0.05) is 37.4 Å². The lowest BCUT2D eigenvalue weighted by atomic mass is 9.87. The monoisotopic (exact) mass is 424 g/mol. The molecular weight excluding hydrogens is 392 g/mol. The molecule has 162 valence electrons. The van der Waals surface area contributed by atoms with Crippen LogP contribution in [0.5, 0.6) is 0 Å². The Kier molecular flexibility index (Phi) is 8.35. The first-order chi connectivity index (χ1) is 14.1. The van der Waals surface area contributed by atoms with Gasteiger partial charge in [-0.3, -0.25) is 14.4 Å². The van der Waals surface area contributed by atoms with E-state index in [2.05, 4.69) is 15.8 Å². The van der Waals surface area contributed by atoms with Crippen LogP contribution in [0, 0.1) is 11.8 Å². The fourth-order valence-corrected chi connectivity index (χ4v) is 5.12. The maximum Gasteiger partial charge on any atom is 0.309 e. The van der Waals surface area contributed by atoms with Gasteiger partial charge < -0.3 is 15.0 Å². The molecule has 0 radical (unpaired) electrons. The summed E-state index contributed by atoms with van der Waals surface area (Å²) in [7, 11) is 1.89. The molecule has 2 heterocycles. The summed E-state index contributed by atoms with van der Waals surface area (Å²) in [5.74, 6) is -0.736. The number of hydrogen-bond acceptors (Lipinski definition) is 6. The van der Waals surface area contributed by atoms with E-state index < -0.39 is 17.7 Å². The SMILES string of the molecule is CN1CCSC1=NNC(=O)C(=O)[C@H](NC(=O)C1CCCCCC1)C1CCOCC1. The molecule has 2 aliphatic heterocycles. The highest BCUT2D eigenvalue weighted by molar-refractivity contribution is 8.14. The van der Waals surface area contributed by atoms with Crippen LogP contribution in [0.3, 0.4) is 0 Å². The number of hydrogen-bond donors (Lipinski definition) is 2. The Balaban J connectivity index is 1.65. The number of amidine groups is 1. The maximum absolute atomic E-state index is 13.0. The lowest BCUT2D eigenvalue weighted by Crippen LogP contribution is -2.53. The zero-order valence-electron chi connectivity index (χ0n) is 17.2. The summed E-state index contributed by atoms with van der Waals surface area (Å²) in [4.78, 5) is 40.3. The Morgan fingerprint density at radius 2 is 1.79 bits per heavy atom. The quantitative estimate of drug-likeness (QED) is 0.381. The summed E-state index contributed by atoms with van der Waals surface area (Å²) < 4.78 is 5.40. The van der Waals surface area contributed by atoms with E-state index in [4.69, 9.17) is 4.74 Å². The van der Waals surface area contributed by atoms with Crippen molar-refractivity contribution in [3.8, 4) is 0 Å². The van der Waals surface area contributed by atoms with Gasteiger partial charge in [-0.15, -0.1) is 5.10 Å². The number of thioether (sulfide) groups is 1. The third-order valence-electron chi connectivity index (χ3n) is 6.00. The van der Waals surface area contributed by atoms with Gasteiger partial charge in [0.15, 0.2) is 5.17 Å². The molecule has 0 aromatic heterocycles. The van der Waals surface area contributed by atoms with Crippen molar-refractivity contribution in [3.63, 3.8) is 0 Å². The predicted molar refractivity (Wildman–Crippen MR) is 112 cm³/mol. The van der Waals surface area contributed by atoms with Gasteiger partial charge in [0.2, 0.25) is 11.7 Å². The van der Waals surface area contributed by atoms with Gasteiger partial charge in [0.05, 0.1) is 0 Å².